The van der Waals surface area contributed by atoms with Gasteiger partial charge in [-0.3, -0.25) is 0 Å². The van der Waals surface area contributed by atoms with Crippen LogP contribution in [0.3, 0.4) is 0 Å². The maximum atomic E-state index is 6.43. The Kier molecular flexibility index (Phi) is 5.91. The first kappa shape index (κ1) is 16.6. The van der Waals surface area contributed by atoms with Crippen LogP contribution in [-0.2, 0) is 11.3 Å². The van der Waals surface area contributed by atoms with Crippen molar-refractivity contribution in [3.8, 4) is 0 Å². The molecule has 1 aliphatic heterocycles. The molecule has 118 valence electrons. The van der Waals surface area contributed by atoms with Crippen molar-refractivity contribution < 1.29 is 4.74 Å². The number of nitrogens with one attached hydrogen (secondary N) is 1. The number of nitrogens with zero attached hydrogens (tertiary/aromatic N) is 1. The first-order valence-corrected chi connectivity index (χ1v) is 8.13. The molecule has 4 heteroatoms. The van der Waals surface area contributed by atoms with Gasteiger partial charge in [-0.05, 0) is 36.0 Å². The number of methoxy groups -OCH3 is 1. The predicted octanol–water partition coefficient (Wildman–Crippen LogP) is 3.70. The first-order valence-electron chi connectivity index (χ1n) is 7.75. The molecule has 2 rings (SSSR count). The van der Waals surface area contributed by atoms with E-state index >= 15 is 0 Å². The Hall–Kier alpha value is -0.770. The standard InChI is InChI=1S/C17H27ClN2O/c1-17(2)7-4-9-20(13-17)15-6-5-14(16(18)11-15)12-19-8-10-21-3/h5-6,11,19H,4,7-10,12-13H2,1-3H3. The Morgan fingerprint density at radius 2 is 2.19 bits per heavy atom. The predicted molar refractivity (Wildman–Crippen MR) is 90.3 cm³/mol. The van der Waals surface area contributed by atoms with Crippen molar-refractivity contribution in [1.29, 1.82) is 0 Å². The smallest absolute Gasteiger partial charge is 0.0587 e. The van der Waals surface area contributed by atoms with Crippen molar-refractivity contribution in [3.63, 3.8) is 0 Å². The Bertz CT molecular complexity index is 462. The second kappa shape index (κ2) is 7.48. The van der Waals surface area contributed by atoms with Crippen LogP contribution < -0.4 is 10.2 Å². The minimum atomic E-state index is 0.394. The van der Waals surface area contributed by atoms with Crippen LogP contribution in [0.5, 0.6) is 0 Å². The topological polar surface area (TPSA) is 24.5 Å². The number of ether oxygens (including phenoxy) is 1. The molecule has 21 heavy (non-hydrogen) atoms. The average Bonchev–Trinajstić information content (AvgIpc) is 2.44. The van der Waals surface area contributed by atoms with Crippen LogP contribution in [0.1, 0.15) is 32.3 Å². The van der Waals surface area contributed by atoms with Crippen LogP contribution in [0.4, 0.5) is 5.69 Å². The normalized spacial score (nSPS) is 18.0. The number of piperidine rings is 1. The maximum absolute atomic E-state index is 6.43. The summed E-state index contributed by atoms with van der Waals surface area (Å²) >= 11 is 6.43. The summed E-state index contributed by atoms with van der Waals surface area (Å²) in [6, 6.07) is 6.44. The molecule has 0 aromatic heterocycles. The molecule has 0 unspecified atom stereocenters. The Labute approximate surface area is 133 Å². The van der Waals surface area contributed by atoms with E-state index in [2.05, 4.69) is 42.3 Å². The third-order valence-corrected chi connectivity index (χ3v) is 4.45. The zero-order valence-electron chi connectivity index (χ0n) is 13.4. The van der Waals surface area contributed by atoms with Crippen molar-refractivity contribution in [2.24, 2.45) is 5.41 Å². The van der Waals surface area contributed by atoms with E-state index < -0.39 is 0 Å². The van der Waals surface area contributed by atoms with Crippen LogP contribution >= 0.6 is 11.6 Å². The maximum Gasteiger partial charge on any atom is 0.0587 e. The average molecular weight is 311 g/mol. The van der Waals surface area contributed by atoms with Gasteiger partial charge in [0.1, 0.15) is 0 Å². The minimum absolute atomic E-state index is 0.394. The molecule has 1 saturated heterocycles. The third-order valence-electron chi connectivity index (χ3n) is 4.10. The first-order chi connectivity index (χ1) is 10.0. The van der Waals surface area contributed by atoms with Gasteiger partial charge in [0.05, 0.1) is 6.61 Å². The number of hydrogen-bond acceptors (Lipinski definition) is 3. The van der Waals surface area contributed by atoms with Crippen molar-refractivity contribution >= 4 is 17.3 Å². The molecule has 0 spiro atoms. The van der Waals surface area contributed by atoms with Gasteiger partial charge < -0.3 is 15.0 Å². The van der Waals surface area contributed by atoms with E-state index in [1.165, 1.54) is 18.5 Å². The Morgan fingerprint density at radius 1 is 1.38 bits per heavy atom. The number of hydrogen-bond donors (Lipinski definition) is 1. The largest absolute Gasteiger partial charge is 0.383 e. The lowest BCUT2D eigenvalue weighted by Crippen LogP contribution is -2.40. The van der Waals surface area contributed by atoms with E-state index in [1.807, 2.05) is 0 Å². The summed E-state index contributed by atoms with van der Waals surface area (Å²) in [5.74, 6) is 0. The van der Waals surface area contributed by atoms with Crippen molar-refractivity contribution in [2.75, 3.05) is 38.3 Å². The summed E-state index contributed by atoms with van der Waals surface area (Å²) in [5, 5.41) is 4.18. The Balaban J connectivity index is 1.98. The molecule has 1 fully saturated rings. The molecular formula is C17H27ClN2O. The van der Waals surface area contributed by atoms with Crippen molar-refractivity contribution in [3.05, 3.63) is 28.8 Å². The highest BCUT2D eigenvalue weighted by Gasteiger charge is 2.26. The molecule has 1 aliphatic rings. The monoisotopic (exact) mass is 310 g/mol. The highest BCUT2D eigenvalue weighted by molar-refractivity contribution is 6.31. The van der Waals surface area contributed by atoms with Gasteiger partial charge in [0.25, 0.3) is 0 Å². The highest BCUT2D eigenvalue weighted by atomic mass is 35.5. The zero-order chi connectivity index (χ0) is 15.3. The lowest BCUT2D eigenvalue weighted by Gasteiger charge is -2.39. The van der Waals surface area contributed by atoms with Gasteiger partial charge >= 0.3 is 0 Å². The van der Waals surface area contributed by atoms with E-state index in [0.29, 0.717) is 5.41 Å². The second-order valence-electron chi connectivity index (χ2n) is 6.63. The number of benzene rings is 1. The number of halogens is 1. The third kappa shape index (κ3) is 4.87. The van der Waals surface area contributed by atoms with E-state index in [9.17, 15) is 0 Å². The summed E-state index contributed by atoms with van der Waals surface area (Å²) in [4.78, 5) is 2.46. The lowest BCUT2D eigenvalue weighted by molar-refractivity contribution is 0.199. The quantitative estimate of drug-likeness (QED) is 0.811. The molecule has 1 N–H and O–H groups in total. The van der Waals surface area contributed by atoms with Crippen LogP contribution in [0, 0.1) is 5.41 Å². The van der Waals surface area contributed by atoms with Crippen molar-refractivity contribution in [2.45, 2.75) is 33.2 Å². The molecule has 0 atom stereocenters. The van der Waals surface area contributed by atoms with Gasteiger partial charge in [-0.2, -0.15) is 0 Å². The molecule has 0 amide bonds. The lowest BCUT2D eigenvalue weighted by atomic mass is 9.84. The molecule has 1 aromatic carbocycles. The van der Waals surface area contributed by atoms with Gasteiger partial charge in [0, 0.05) is 44.0 Å². The molecule has 1 heterocycles. The van der Waals surface area contributed by atoms with Gasteiger partial charge in [0.15, 0.2) is 0 Å². The van der Waals surface area contributed by atoms with Gasteiger partial charge in [-0.1, -0.05) is 31.5 Å². The van der Waals surface area contributed by atoms with Gasteiger partial charge in [0.2, 0.25) is 0 Å². The van der Waals surface area contributed by atoms with Crippen LogP contribution in [0.2, 0.25) is 5.02 Å². The van der Waals surface area contributed by atoms with Crippen LogP contribution in [0.25, 0.3) is 0 Å². The highest BCUT2D eigenvalue weighted by Crippen LogP contribution is 2.33. The molecule has 3 nitrogen and oxygen atoms in total. The van der Waals surface area contributed by atoms with Crippen LogP contribution in [0.15, 0.2) is 18.2 Å². The molecule has 0 aliphatic carbocycles. The van der Waals surface area contributed by atoms with E-state index in [1.54, 1.807) is 7.11 Å². The molecule has 1 aromatic rings. The summed E-state index contributed by atoms with van der Waals surface area (Å²) in [7, 11) is 1.71. The minimum Gasteiger partial charge on any atom is -0.383 e. The van der Waals surface area contributed by atoms with Gasteiger partial charge in [-0.15, -0.1) is 0 Å². The number of anilines is 1. The Morgan fingerprint density at radius 3 is 2.86 bits per heavy atom. The fraction of sp³-hybridized carbons (Fsp3) is 0.647. The summed E-state index contributed by atoms with van der Waals surface area (Å²) in [6.07, 6.45) is 2.56. The summed E-state index contributed by atoms with van der Waals surface area (Å²) in [6.45, 7) is 9.27. The van der Waals surface area contributed by atoms with Crippen LogP contribution in [-0.4, -0.2) is 33.4 Å². The summed E-state index contributed by atoms with van der Waals surface area (Å²) in [5.41, 5.74) is 2.78. The molecular weight excluding hydrogens is 284 g/mol. The number of rotatable bonds is 6. The van der Waals surface area contributed by atoms with E-state index in [-0.39, 0.29) is 0 Å². The van der Waals surface area contributed by atoms with E-state index in [0.717, 1.165) is 43.4 Å². The molecule has 0 saturated carbocycles. The van der Waals surface area contributed by atoms with E-state index in [4.69, 9.17) is 16.3 Å². The summed E-state index contributed by atoms with van der Waals surface area (Å²) < 4.78 is 5.03. The molecule has 0 radical (unpaired) electrons. The second-order valence-corrected chi connectivity index (χ2v) is 7.04. The van der Waals surface area contributed by atoms with Gasteiger partial charge in [-0.25, -0.2) is 0 Å². The zero-order valence-corrected chi connectivity index (χ0v) is 14.2. The fourth-order valence-corrected chi connectivity index (χ4v) is 3.16. The fourth-order valence-electron chi connectivity index (χ4n) is 2.92. The molecule has 0 bridgehead atoms. The SMILES string of the molecule is COCCNCc1ccc(N2CCCC(C)(C)C2)cc1Cl. The van der Waals surface area contributed by atoms with Crippen molar-refractivity contribution in [1.82, 2.24) is 5.32 Å².